The van der Waals surface area contributed by atoms with Crippen LogP contribution < -0.4 is 10.4 Å². The number of nitrogens with one attached hydrogen (secondary N) is 1. The number of thiophene rings is 1. The van der Waals surface area contributed by atoms with Crippen molar-refractivity contribution < 1.29 is 9.90 Å². The molecule has 0 saturated heterocycles. The maximum Gasteiger partial charge on any atom is 0.138 e. The molecule has 0 radical (unpaired) electrons. The van der Waals surface area contributed by atoms with E-state index in [0.717, 1.165) is 34.8 Å². The largest absolute Gasteiger partial charge is 0.550 e. The van der Waals surface area contributed by atoms with E-state index in [4.69, 9.17) is 0 Å². The summed E-state index contributed by atoms with van der Waals surface area (Å²) in [5.41, 5.74) is 1.39. The van der Waals surface area contributed by atoms with Gasteiger partial charge in [0.05, 0.1) is 5.39 Å². The molecule has 0 unspecified atom stereocenters. The van der Waals surface area contributed by atoms with Crippen LogP contribution in [-0.4, -0.2) is 22.5 Å². The fraction of sp³-hybridized carbons (Fsp3) is 0.533. The number of anilines is 1. The van der Waals surface area contributed by atoms with Crippen LogP contribution in [0.15, 0.2) is 6.33 Å². The number of aliphatic carboxylic acids is 1. The Bertz CT molecular complexity index is 668. The number of aryl methyl sites for hydroxylation is 1. The van der Waals surface area contributed by atoms with Gasteiger partial charge in [0.2, 0.25) is 0 Å². The van der Waals surface area contributed by atoms with Crippen molar-refractivity contribution in [3.63, 3.8) is 0 Å². The minimum Gasteiger partial charge on any atom is -0.550 e. The molecule has 1 aliphatic carbocycles. The van der Waals surface area contributed by atoms with E-state index in [0.29, 0.717) is 13.0 Å². The molecule has 0 amide bonds. The molecule has 2 heterocycles. The minimum absolute atomic E-state index is 0.0699. The zero-order chi connectivity index (χ0) is 14.8. The maximum atomic E-state index is 10.4. The van der Waals surface area contributed by atoms with E-state index in [1.807, 2.05) is 0 Å². The van der Waals surface area contributed by atoms with Gasteiger partial charge in [-0.05, 0) is 43.6 Å². The van der Waals surface area contributed by atoms with Crippen molar-refractivity contribution in [1.29, 1.82) is 0 Å². The predicted molar refractivity (Wildman–Crippen MR) is 81.3 cm³/mol. The van der Waals surface area contributed by atoms with E-state index in [-0.39, 0.29) is 6.42 Å². The molecule has 2 aromatic heterocycles. The lowest BCUT2D eigenvalue weighted by atomic mass is 9.89. The summed E-state index contributed by atoms with van der Waals surface area (Å²) in [7, 11) is 0. The van der Waals surface area contributed by atoms with Gasteiger partial charge < -0.3 is 15.2 Å². The third kappa shape index (κ3) is 3.00. The summed E-state index contributed by atoms with van der Waals surface area (Å²) in [6.45, 7) is 2.87. The third-order valence-electron chi connectivity index (χ3n) is 3.94. The Kier molecular flexibility index (Phi) is 4.05. The van der Waals surface area contributed by atoms with Crippen molar-refractivity contribution in [2.75, 3.05) is 11.9 Å². The van der Waals surface area contributed by atoms with Gasteiger partial charge in [0.25, 0.3) is 0 Å². The highest BCUT2D eigenvalue weighted by molar-refractivity contribution is 7.19. The molecule has 5 nitrogen and oxygen atoms in total. The number of carbonyl (C=O) groups excluding carboxylic acids is 1. The number of aromatic nitrogens is 2. The monoisotopic (exact) mass is 304 g/mol. The number of rotatable bonds is 5. The smallest absolute Gasteiger partial charge is 0.138 e. The van der Waals surface area contributed by atoms with Gasteiger partial charge >= 0.3 is 0 Å². The molecule has 21 heavy (non-hydrogen) atoms. The van der Waals surface area contributed by atoms with Gasteiger partial charge in [-0.15, -0.1) is 11.3 Å². The zero-order valence-electron chi connectivity index (χ0n) is 12.0. The quantitative estimate of drug-likeness (QED) is 0.852. The first-order valence-electron chi connectivity index (χ1n) is 7.34. The molecule has 2 aromatic rings. The Balaban J connectivity index is 1.84. The normalized spacial score (nSPS) is 17.7. The topological polar surface area (TPSA) is 77.9 Å². The molecular weight excluding hydrogens is 286 g/mol. The highest BCUT2D eigenvalue weighted by atomic mass is 32.1. The summed E-state index contributed by atoms with van der Waals surface area (Å²) in [5, 5.41) is 14.8. The van der Waals surface area contributed by atoms with Crippen LogP contribution in [-0.2, 0) is 17.6 Å². The summed E-state index contributed by atoms with van der Waals surface area (Å²) in [4.78, 5) is 21.6. The third-order valence-corrected chi connectivity index (χ3v) is 5.10. The van der Waals surface area contributed by atoms with E-state index in [1.54, 1.807) is 17.7 Å². The fourth-order valence-electron chi connectivity index (χ4n) is 2.85. The number of carbonyl (C=O) groups is 1. The summed E-state index contributed by atoms with van der Waals surface area (Å²) >= 11 is 1.77. The van der Waals surface area contributed by atoms with Crippen molar-refractivity contribution in [2.45, 2.75) is 39.0 Å². The molecule has 0 aromatic carbocycles. The van der Waals surface area contributed by atoms with E-state index >= 15 is 0 Å². The van der Waals surface area contributed by atoms with Gasteiger partial charge in [0, 0.05) is 17.4 Å². The Hall–Kier alpha value is -1.69. The van der Waals surface area contributed by atoms with Gasteiger partial charge in [-0.3, -0.25) is 0 Å². The first-order chi connectivity index (χ1) is 10.1. The highest BCUT2D eigenvalue weighted by Crippen LogP contribution is 2.39. The second-order valence-electron chi connectivity index (χ2n) is 5.66. The van der Waals surface area contributed by atoms with Gasteiger partial charge in [-0.2, -0.15) is 0 Å². The first-order valence-corrected chi connectivity index (χ1v) is 8.15. The van der Waals surface area contributed by atoms with Crippen LogP contribution in [0.4, 0.5) is 5.82 Å². The first kappa shape index (κ1) is 14.3. The molecule has 0 spiro atoms. The molecule has 1 aliphatic rings. The van der Waals surface area contributed by atoms with Crippen molar-refractivity contribution in [1.82, 2.24) is 9.97 Å². The van der Waals surface area contributed by atoms with E-state index in [2.05, 4.69) is 22.2 Å². The molecule has 1 atom stereocenters. The van der Waals surface area contributed by atoms with Crippen molar-refractivity contribution in [2.24, 2.45) is 5.92 Å². The van der Waals surface area contributed by atoms with E-state index in [1.165, 1.54) is 16.9 Å². The molecule has 1 N–H and O–H groups in total. The molecule has 0 saturated carbocycles. The van der Waals surface area contributed by atoms with Crippen LogP contribution in [0.25, 0.3) is 10.2 Å². The second-order valence-corrected chi connectivity index (χ2v) is 6.74. The van der Waals surface area contributed by atoms with Crippen molar-refractivity contribution in [3.8, 4) is 0 Å². The summed E-state index contributed by atoms with van der Waals surface area (Å²) in [6, 6.07) is 0. The average molecular weight is 304 g/mol. The summed E-state index contributed by atoms with van der Waals surface area (Å²) < 4.78 is 0. The Morgan fingerprint density at radius 3 is 3.19 bits per heavy atom. The van der Waals surface area contributed by atoms with Gasteiger partial charge in [-0.1, -0.05) is 6.92 Å². The SMILES string of the molecule is C[C@H]1CCc2c(sc3ncnc(NCCCC(=O)[O-])c23)C1. The van der Waals surface area contributed by atoms with Crippen LogP contribution in [0.2, 0.25) is 0 Å². The molecule has 3 rings (SSSR count). The minimum atomic E-state index is -1.01. The lowest BCUT2D eigenvalue weighted by molar-refractivity contribution is -0.305. The van der Waals surface area contributed by atoms with Crippen LogP contribution >= 0.6 is 11.3 Å². The highest BCUT2D eigenvalue weighted by Gasteiger charge is 2.22. The maximum absolute atomic E-state index is 10.4. The fourth-order valence-corrected chi connectivity index (χ4v) is 4.20. The number of hydrogen-bond acceptors (Lipinski definition) is 6. The summed E-state index contributed by atoms with van der Waals surface area (Å²) in [5.74, 6) is 0.565. The van der Waals surface area contributed by atoms with Crippen molar-refractivity contribution in [3.05, 3.63) is 16.8 Å². The number of nitrogens with zero attached hydrogens (tertiary/aromatic N) is 2. The molecule has 112 valence electrons. The Morgan fingerprint density at radius 1 is 1.52 bits per heavy atom. The molecule has 6 heteroatoms. The van der Waals surface area contributed by atoms with Crippen LogP contribution in [0.5, 0.6) is 0 Å². The standard InChI is InChI=1S/C15H19N3O2S/c1-9-4-5-10-11(7-9)21-15-13(10)14(17-8-18-15)16-6-2-3-12(19)20/h8-9H,2-7H2,1H3,(H,19,20)(H,16,17,18)/p-1/t9-/m0/s1. The zero-order valence-corrected chi connectivity index (χ0v) is 12.8. The predicted octanol–water partition coefficient (Wildman–Crippen LogP) is 1.76. The van der Waals surface area contributed by atoms with Crippen molar-refractivity contribution >= 4 is 33.3 Å². The molecule has 0 fully saturated rings. The Labute approximate surface area is 127 Å². The molecular formula is C15H18N3O2S-. The summed E-state index contributed by atoms with van der Waals surface area (Å²) in [6.07, 6.45) is 5.60. The average Bonchev–Trinajstić information content (AvgIpc) is 2.81. The Morgan fingerprint density at radius 2 is 2.38 bits per heavy atom. The lowest BCUT2D eigenvalue weighted by Crippen LogP contribution is -2.22. The van der Waals surface area contributed by atoms with Gasteiger partial charge in [-0.25, -0.2) is 9.97 Å². The van der Waals surface area contributed by atoms with Crippen LogP contribution in [0.3, 0.4) is 0 Å². The number of carboxylic acids is 1. The van der Waals surface area contributed by atoms with E-state index in [9.17, 15) is 9.90 Å². The number of fused-ring (bicyclic) bond motifs is 3. The lowest BCUT2D eigenvalue weighted by Gasteiger charge is -2.18. The molecule has 0 aliphatic heterocycles. The van der Waals surface area contributed by atoms with Gasteiger partial charge in [0.1, 0.15) is 17.0 Å². The molecule has 0 bridgehead atoms. The second kappa shape index (κ2) is 5.97. The number of carboxylic acid groups (broad SMARTS) is 1. The van der Waals surface area contributed by atoms with E-state index < -0.39 is 5.97 Å². The van der Waals surface area contributed by atoms with Crippen LogP contribution in [0, 0.1) is 5.92 Å². The van der Waals surface area contributed by atoms with Gasteiger partial charge in [0.15, 0.2) is 0 Å². The number of hydrogen-bond donors (Lipinski definition) is 1. The van der Waals surface area contributed by atoms with Crippen LogP contribution in [0.1, 0.15) is 36.6 Å².